The van der Waals surface area contributed by atoms with Crippen molar-refractivity contribution in [2.24, 2.45) is 0 Å². The summed E-state index contributed by atoms with van der Waals surface area (Å²) in [6.45, 7) is -0.118. The molecule has 0 aromatic carbocycles. The Labute approximate surface area is 42.6 Å². The zero-order chi connectivity index (χ0) is 5.70. The number of nitrogens with one attached hydrogen (secondary N) is 1. The number of nitriles is 1. The lowest BCUT2D eigenvalue weighted by Gasteiger charge is -1.98. The highest BCUT2D eigenvalue weighted by atomic mass is 16.3. The number of aliphatic hydroxyl groups is 1. The van der Waals surface area contributed by atoms with Gasteiger partial charge in [0.25, 0.3) is 0 Å². The molecule has 0 rings (SSSR count). The van der Waals surface area contributed by atoms with Crippen LogP contribution >= 0.6 is 0 Å². The van der Waals surface area contributed by atoms with Crippen LogP contribution in [0.3, 0.4) is 0 Å². The minimum Gasteiger partial charge on any atom is -0.394 e. The van der Waals surface area contributed by atoms with Gasteiger partial charge in [0.05, 0.1) is 12.7 Å². The molecule has 0 bridgehead atoms. The fourth-order valence-corrected chi connectivity index (χ4v) is 0.197. The summed E-state index contributed by atoms with van der Waals surface area (Å²) in [5, 5.41) is 18.9. The first kappa shape index (κ1) is 6.41. The summed E-state index contributed by atoms with van der Waals surface area (Å²) in [5.41, 5.74) is 0. The molecule has 0 aliphatic rings. The van der Waals surface area contributed by atoms with Gasteiger partial charge in [-0.05, 0) is 7.05 Å². The van der Waals surface area contributed by atoms with E-state index >= 15 is 0 Å². The van der Waals surface area contributed by atoms with Crippen LogP contribution in [0.2, 0.25) is 0 Å². The van der Waals surface area contributed by atoms with E-state index in [0.717, 1.165) is 0 Å². The Hall–Kier alpha value is -0.590. The molecule has 7 heavy (non-hydrogen) atoms. The Bertz CT molecular complexity index is 72.2. The van der Waals surface area contributed by atoms with Gasteiger partial charge in [0.2, 0.25) is 0 Å². The molecule has 0 aliphatic carbocycles. The average Bonchev–Trinajstić information content (AvgIpc) is 1.72. The van der Waals surface area contributed by atoms with Crippen molar-refractivity contribution >= 4 is 0 Å². The molecule has 0 aromatic heterocycles. The minimum absolute atomic E-state index is 0.118. The second kappa shape index (κ2) is 3.59. The lowest BCUT2D eigenvalue weighted by atomic mass is 10.4. The molecule has 0 saturated heterocycles. The maximum Gasteiger partial charge on any atom is 0.118 e. The standard InChI is InChI=1S/C4H8N2O/c1-6-4(2-5)3-7/h4,6-7H,3H2,1H3. The molecule has 0 spiro atoms. The highest BCUT2D eigenvalue weighted by Gasteiger charge is 1.96. The normalized spacial score (nSPS) is 12.7. The van der Waals surface area contributed by atoms with Crippen molar-refractivity contribution in [3.8, 4) is 6.07 Å². The average molecular weight is 100 g/mol. The van der Waals surface area contributed by atoms with E-state index in [-0.39, 0.29) is 6.61 Å². The molecule has 1 unspecified atom stereocenters. The highest BCUT2D eigenvalue weighted by Crippen LogP contribution is 1.71. The molecule has 0 aliphatic heterocycles. The third kappa shape index (κ3) is 2.15. The molecular weight excluding hydrogens is 92.1 g/mol. The Kier molecular flexibility index (Phi) is 3.29. The van der Waals surface area contributed by atoms with Crippen molar-refractivity contribution in [3.63, 3.8) is 0 Å². The van der Waals surface area contributed by atoms with Crippen molar-refractivity contribution < 1.29 is 5.11 Å². The van der Waals surface area contributed by atoms with Crippen LogP contribution < -0.4 is 5.32 Å². The zero-order valence-corrected chi connectivity index (χ0v) is 4.18. The topological polar surface area (TPSA) is 56.0 Å². The Morgan fingerprint density at radius 1 is 2.00 bits per heavy atom. The van der Waals surface area contributed by atoms with E-state index in [0.29, 0.717) is 0 Å². The SMILES string of the molecule is CNC(C#N)CO. The fraction of sp³-hybridized carbons (Fsp3) is 0.750. The van der Waals surface area contributed by atoms with Gasteiger partial charge in [-0.15, -0.1) is 0 Å². The molecule has 3 nitrogen and oxygen atoms in total. The predicted molar refractivity (Wildman–Crippen MR) is 25.5 cm³/mol. The number of rotatable bonds is 2. The van der Waals surface area contributed by atoms with Crippen molar-refractivity contribution in [3.05, 3.63) is 0 Å². The number of hydrogen-bond donors (Lipinski definition) is 2. The first-order chi connectivity index (χ1) is 3.35. The minimum atomic E-state index is -0.403. The van der Waals surface area contributed by atoms with Gasteiger partial charge in [0.15, 0.2) is 0 Å². The van der Waals surface area contributed by atoms with E-state index in [9.17, 15) is 0 Å². The van der Waals surface area contributed by atoms with Crippen LogP contribution in [0.15, 0.2) is 0 Å². The van der Waals surface area contributed by atoms with Gasteiger partial charge in [0, 0.05) is 0 Å². The smallest absolute Gasteiger partial charge is 0.118 e. The molecular formula is C4H8N2O. The Morgan fingerprint density at radius 2 is 2.57 bits per heavy atom. The van der Waals surface area contributed by atoms with E-state index < -0.39 is 6.04 Å². The monoisotopic (exact) mass is 100 g/mol. The highest BCUT2D eigenvalue weighted by molar-refractivity contribution is 4.87. The first-order valence-corrected chi connectivity index (χ1v) is 2.03. The molecule has 0 heterocycles. The summed E-state index contributed by atoms with van der Waals surface area (Å²) >= 11 is 0. The number of likely N-dealkylation sites (N-methyl/N-ethyl adjacent to an activating group) is 1. The number of nitrogens with zero attached hydrogens (tertiary/aromatic N) is 1. The van der Waals surface area contributed by atoms with Crippen molar-refractivity contribution in [1.29, 1.82) is 5.26 Å². The molecule has 0 amide bonds. The van der Waals surface area contributed by atoms with E-state index in [2.05, 4.69) is 5.32 Å². The van der Waals surface area contributed by atoms with Gasteiger partial charge in [0.1, 0.15) is 6.04 Å². The van der Waals surface area contributed by atoms with E-state index in [1.165, 1.54) is 0 Å². The van der Waals surface area contributed by atoms with E-state index in [1.807, 2.05) is 6.07 Å². The van der Waals surface area contributed by atoms with Crippen LogP contribution in [-0.4, -0.2) is 24.8 Å². The van der Waals surface area contributed by atoms with Crippen LogP contribution in [-0.2, 0) is 0 Å². The second-order valence-corrected chi connectivity index (χ2v) is 1.15. The molecule has 0 fully saturated rings. The summed E-state index contributed by atoms with van der Waals surface area (Å²) in [7, 11) is 1.63. The maximum absolute atomic E-state index is 8.24. The molecule has 0 radical (unpaired) electrons. The van der Waals surface area contributed by atoms with Crippen LogP contribution in [0.5, 0.6) is 0 Å². The summed E-state index contributed by atoms with van der Waals surface area (Å²) in [4.78, 5) is 0. The number of hydrogen-bond acceptors (Lipinski definition) is 3. The van der Waals surface area contributed by atoms with Gasteiger partial charge in [-0.1, -0.05) is 0 Å². The van der Waals surface area contributed by atoms with Crippen molar-refractivity contribution in [1.82, 2.24) is 5.32 Å². The Morgan fingerprint density at radius 3 is 2.57 bits per heavy atom. The quantitative estimate of drug-likeness (QED) is 0.472. The van der Waals surface area contributed by atoms with Crippen molar-refractivity contribution in [2.45, 2.75) is 6.04 Å². The lowest BCUT2D eigenvalue weighted by molar-refractivity contribution is 0.273. The summed E-state index contributed by atoms with van der Waals surface area (Å²) in [6.07, 6.45) is 0. The molecule has 40 valence electrons. The predicted octanol–water partition coefficient (Wildman–Crippen LogP) is -0.910. The fourth-order valence-electron chi connectivity index (χ4n) is 0.197. The summed E-state index contributed by atoms with van der Waals surface area (Å²) in [5.74, 6) is 0. The third-order valence-electron chi connectivity index (χ3n) is 0.687. The van der Waals surface area contributed by atoms with Crippen molar-refractivity contribution in [2.75, 3.05) is 13.7 Å². The number of aliphatic hydroxyl groups excluding tert-OH is 1. The van der Waals surface area contributed by atoms with Gasteiger partial charge in [-0.2, -0.15) is 5.26 Å². The van der Waals surface area contributed by atoms with Gasteiger partial charge < -0.3 is 10.4 Å². The molecule has 1 atom stereocenters. The maximum atomic E-state index is 8.24. The van der Waals surface area contributed by atoms with Crippen LogP contribution in [0, 0.1) is 11.3 Å². The van der Waals surface area contributed by atoms with E-state index in [4.69, 9.17) is 10.4 Å². The zero-order valence-electron chi connectivity index (χ0n) is 4.18. The lowest BCUT2D eigenvalue weighted by Crippen LogP contribution is -2.26. The Balaban J connectivity index is 3.23. The van der Waals surface area contributed by atoms with Crippen LogP contribution in [0.25, 0.3) is 0 Å². The molecule has 2 N–H and O–H groups in total. The molecule has 0 saturated carbocycles. The summed E-state index contributed by atoms with van der Waals surface area (Å²) in [6, 6.07) is 1.44. The molecule has 0 aromatic rings. The van der Waals surface area contributed by atoms with Crippen LogP contribution in [0.4, 0.5) is 0 Å². The van der Waals surface area contributed by atoms with Gasteiger partial charge >= 0.3 is 0 Å². The molecule has 3 heteroatoms. The second-order valence-electron chi connectivity index (χ2n) is 1.15. The van der Waals surface area contributed by atoms with E-state index in [1.54, 1.807) is 7.05 Å². The first-order valence-electron chi connectivity index (χ1n) is 2.03. The van der Waals surface area contributed by atoms with Gasteiger partial charge in [-0.3, -0.25) is 0 Å². The third-order valence-corrected chi connectivity index (χ3v) is 0.687. The largest absolute Gasteiger partial charge is 0.394 e. The summed E-state index contributed by atoms with van der Waals surface area (Å²) < 4.78 is 0. The van der Waals surface area contributed by atoms with Crippen LogP contribution in [0.1, 0.15) is 0 Å². The van der Waals surface area contributed by atoms with Gasteiger partial charge in [-0.25, -0.2) is 0 Å².